The van der Waals surface area contributed by atoms with Gasteiger partial charge >= 0.3 is 0 Å². The molecule has 0 radical (unpaired) electrons. The molecule has 0 bridgehead atoms. The molecule has 1 N–H and O–H groups in total. The zero-order valence-corrected chi connectivity index (χ0v) is 8.60. The Morgan fingerprint density at radius 2 is 1.75 bits per heavy atom. The summed E-state index contributed by atoms with van der Waals surface area (Å²) in [5.74, 6) is 0. The second-order valence-electron chi connectivity index (χ2n) is 3.17. The summed E-state index contributed by atoms with van der Waals surface area (Å²) in [6.45, 7) is 6.66. The van der Waals surface area contributed by atoms with Crippen LogP contribution in [0.3, 0.4) is 0 Å². The van der Waals surface area contributed by atoms with Crippen molar-refractivity contribution < 1.29 is 0 Å². The van der Waals surface area contributed by atoms with Crippen LogP contribution < -0.4 is 5.32 Å². The summed E-state index contributed by atoms with van der Waals surface area (Å²) in [4.78, 5) is 0. The molecule has 0 aliphatic heterocycles. The molecule has 0 rings (SSSR count). The zero-order chi connectivity index (χ0) is 9.07. The molecule has 0 saturated carbocycles. The van der Waals surface area contributed by atoms with Crippen molar-refractivity contribution in [1.29, 1.82) is 0 Å². The monoisotopic (exact) mass is 169 g/mol. The van der Waals surface area contributed by atoms with Gasteiger partial charge in [0.25, 0.3) is 0 Å². The molecule has 0 aliphatic rings. The molecular weight excluding hydrogens is 146 g/mol. The van der Waals surface area contributed by atoms with Crippen LogP contribution in [-0.4, -0.2) is 13.1 Å². The van der Waals surface area contributed by atoms with Crippen molar-refractivity contribution in [2.45, 2.75) is 46.0 Å². The van der Waals surface area contributed by atoms with Crippen LogP contribution in [0.4, 0.5) is 0 Å². The number of nitrogens with one attached hydrogen (secondary N) is 1. The normalized spacial score (nSPS) is 11.2. The number of unbranched alkanes of at least 4 members (excludes halogenated alkanes) is 3. The van der Waals surface area contributed by atoms with E-state index in [4.69, 9.17) is 0 Å². The molecule has 0 heterocycles. The maximum absolute atomic E-state index is 3.38. The van der Waals surface area contributed by atoms with Crippen LogP contribution in [0.25, 0.3) is 0 Å². The van der Waals surface area contributed by atoms with Gasteiger partial charge in [-0.25, -0.2) is 0 Å². The lowest BCUT2D eigenvalue weighted by Crippen LogP contribution is -2.14. The van der Waals surface area contributed by atoms with E-state index < -0.39 is 0 Å². The van der Waals surface area contributed by atoms with E-state index in [1.54, 1.807) is 0 Å². The first-order chi connectivity index (χ1) is 5.91. The first kappa shape index (κ1) is 11.7. The second kappa shape index (κ2) is 10.7. The Hall–Kier alpha value is -0.300. The van der Waals surface area contributed by atoms with E-state index in [0.717, 1.165) is 13.1 Å². The molecule has 1 heteroatoms. The van der Waals surface area contributed by atoms with Gasteiger partial charge in [0.1, 0.15) is 0 Å². The van der Waals surface area contributed by atoms with Crippen LogP contribution in [0, 0.1) is 0 Å². The Labute approximate surface area is 77.2 Å². The second-order valence-corrected chi connectivity index (χ2v) is 3.17. The van der Waals surface area contributed by atoms with Crippen molar-refractivity contribution in [1.82, 2.24) is 5.32 Å². The Balaban J connectivity index is 2.92. The minimum atomic E-state index is 1.05. The van der Waals surface area contributed by atoms with Crippen LogP contribution in [-0.2, 0) is 0 Å². The Morgan fingerprint density at radius 3 is 2.42 bits per heavy atom. The molecule has 0 fully saturated rings. The molecule has 1 nitrogen and oxygen atoms in total. The smallest absolute Gasteiger partial charge is 0.0134 e. The standard InChI is InChI=1S/C11H23N/c1-3-5-7-8-9-11-12-10-6-4-2/h8-9,12H,3-7,10-11H2,1-2H3/b9-8+. The van der Waals surface area contributed by atoms with Crippen LogP contribution in [0.2, 0.25) is 0 Å². The predicted molar refractivity (Wildman–Crippen MR) is 56.4 cm³/mol. The van der Waals surface area contributed by atoms with Gasteiger partial charge < -0.3 is 5.32 Å². The van der Waals surface area contributed by atoms with Gasteiger partial charge in [-0.2, -0.15) is 0 Å². The molecule has 0 unspecified atom stereocenters. The van der Waals surface area contributed by atoms with Crippen LogP contribution in [0.15, 0.2) is 12.2 Å². The minimum Gasteiger partial charge on any atom is -0.313 e. The first-order valence-corrected chi connectivity index (χ1v) is 5.27. The number of rotatable bonds is 8. The summed E-state index contributed by atoms with van der Waals surface area (Å²) in [6.07, 6.45) is 11.0. The molecular formula is C11H23N. The lowest BCUT2D eigenvalue weighted by molar-refractivity contribution is 0.680. The minimum absolute atomic E-state index is 1.05. The summed E-state index contributed by atoms with van der Waals surface area (Å²) < 4.78 is 0. The molecule has 72 valence electrons. The van der Waals surface area contributed by atoms with E-state index in [1.165, 1.54) is 32.1 Å². The Kier molecular flexibility index (Phi) is 10.4. The highest BCUT2D eigenvalue weighted by molar-refractivity contribution is 4.83. The summed E-state index contributed by atoms with van der Waals surface area (Å²) in [7, 11) is 0. The molecule has 0 aromatic carbocycles. The van der Waals surface area contributed by atoms with Crippen molar-refractivity contribution >= 4 is 0 Å². The SMILES string of the molecule is CCCC/C=C/CNCCCC. The van der Waals surface area contributed by atoms with Gasteiger partial charge in [0, 0.05) is 6.54 Å². The van der Waals surface area contributed by atoms with E-state index in [-0.39, 0.29) is 0 Å². The largest absolute Gasteiger partial charge is 0.313 e. The van der Waals surface area contributed by atoms with E-state index in [1.807, 2.05) is 0 Å². The third-order valence-electron chi connectivity index (χ3n) is 1.86. The number of hydrogen-bond donors (Lipinski definition) is 1. The fraction of sp³-hybridized carbons (Fsp3) is 0.818. The van der Waals surface area contributed by atoms with Crippen LogP contribution in [0.5, 0.6) is 0 Å². The van der Waals surface area contributed by atoms with Crippen molar-refractivity contribution in [2.75, 3.05) is 13.1 Å². The lowest BCUT2D eigenvalue weighted by Gasteiger charge is -1.97. The van der Waals surface area contributed by atoms with Gasteiger partial charge in [0.15, 0.2) is 0 Å². The van der Waals surface area contributed by atoms with Gasteiger partial charge in [-0.05, 0) is 19.4 Å². The van der Waals surface area contributed by atoms with Gasteiger partial charge in [0.05, 0.1) is 0 Å². The quantitative estimate of drug-likeness (QED) is 0.435. The zero-order valence-electron chi connectivity index (χ0n) is 8.60. The molecule has 0 aliphatic carbocycles. The van der Waals surface area contributed by atoms with Crippen molar-refractivity contribution in [3.8, 4) is 0 Å². The predicted octanol–water partition coefficient (Wildman–Crippen LogP) is 3.12. The van der Waals surface area contributed by atoms with Crippen molar-refractivity contribution in [3.63, 3.8) is 0 Å². The molecule has 0 spiro atoms. The fourth-order valence-corrected chi connectivity index (χ4v) is 1.01. The highest BCUT2D eigenvalue weighted by Crippen LogP contribution is 1.93. The van der Waals surface area contributed by atoms with Gasteiger partial charge in [0.2, 0.25) is 0 Å². The van der Waals surface area contributed by atoms with Gasteiger partial charge in [-0.3, -0.25) is 0 Å². The summed E-state index contributed by atoms with van der Waals surface area (Å²) in [6, 6.07) is 0. The number of hydrogen-bond acceptors (Lipinski definition) is 1. The van der Waals surface area contributed by atoms with E-state index in [9.17, 15) is 0 Å². The maximum Gasteiger partial charge on any atom is 0.0134 e. The number of allylic oxidation sites excluding steroid dienone is 1. The highest BCUT2D eigenvalue weighted by Gasteiger charge is 1.81. The lowest BCUT2D eigenvalue weighted by atomic mass is 10.2. The van der Waals surface area contributed by atoms with E-state index >= 15 is 0 Å². The fourth-order valence-electron chi connectivity index (χ4n) is 1.01. The third kappa shape index (κ3) is 9.70. The van der Waals surface area contributed by atoms with E-state index in [2.05, 4.69) is 31.3 Å². The van der Waals surface area contributed by atoms with Crippen LogP contribution >= 0.6 is 0 Å². The summed E-state index contributed by atoms with van der Waals surface area (Å²) in [5.41, 5.74) is 0. The molecule has 0 atom stereocenters. The maximum atomic E-state index is 3.38. The molecule has 0 aromatic rings. The first-order valence-electron chi connectivity index (χ1n) is 5.27. The average Bonchev–Trinajstić information content (AvgIpc) is 2.10. The summed E-state index contributed by atoms with van der Waals surface area (Å²) >= 11 is 0. The summed E-state index contributed by atoms with van der Waals surface area (Å²) in [5, 5.41) is 3.38. The molecule has 12 heavy (non-hydrogen) atoms. The third-order valence-corrected chi connectivity index (χ3v) is 1.86. The topological polar surface area (TPSA) is 12.0 Å². The van der Waals surface area contributed by atoms with Crippen molar-refractivity contribution in [2.24, 2.45) is 0 Å². The highest BCUT2D eigenvalue weighted by atomic mass is 14.8. The Bertz CT molecular complexity index is 97.2. The van der Waals surface area contributed by atoms with Crippen LogP contribution in [0.1, 0.15) is 46.0 Å². The molecule has 0 saturated heterocycles. The van der Waals surface area contributed by atoms with Gasteiger partial charge in [-0.15, -0.1) is 0 Å². The van der Waals surface area contributed by atoms with Crippen molar-refractivity contribution in [3.05, 3.63) is 12.2 Å². The molecule has 0 aromatic heterocycles. The average molecular weight is 169 g/mol. The Morgan fingerprint density at radius 1 is 1.00 bits per heavy atom. The van der Waals surface area contributed by atoms with Gasteiger partial charge in [-0.1, -0.05) is 45.3 Å². The van der Waals surface area contributed by atoms with E-state index in [0.29, 0.717) is 0 Å². The molecule has 0 amide bonds.